The summed E-state index contributed by atoms with van der Waals surface area (Å²) < 4.78 is 0.486. The average Bonchev–Trinajstić information content (AvgIpc) is 2.18. The predicted octanol–water partition coefficient (Wildman–Crippen LogP) is 3.58. The second-order valence-corrected chi connectivity index (χ2v) is 4.22. The Morgan fingerprint density at radius 3 is 2.69 bits per heavy atom. The van der Waals surface area contributed by atoms with Crippen molar-refractivity contribution in [3.8, 4) is 0 Å². The van der Waals surface area contributed by atoms with Gasteiger partial charge in [-0.3, -0.25) is 10.1 Å². The van der Waals surface area contributed by atoms with Gasteiger partial charge in [-0.2, -0.15) is 0 Å². The van der Waals surface area contributed by atoms with Crippen LogP contribution in [0.5, 0.6) is 0 Å². The van der Waals surface area contributed by atoms with Gasteiger partial charge in [-0.1, -0.05) is 19.4 Å². The highest BCUT2D eigenvalue weighted by Crippen LogP contribution is 2.28. The second-order valence-electron chi connectivity index (χ2n) is 3.36. The van der Waals surface area contributed by atoms with Crippen molar-refractivity contribution < 1.29 is 4.92 Å². The quantitative estimate of drug-likeness (QED) is 0.682. The maximum Gasteiger partial charge on any atom is 0.283 e. The number of hydrogen-bond donors (Lipinski definition) is 1. The van der Waals surface area contributed by atoms with E-state index in [2.05, 4.69) is 15.9 Å². The number of hydrogen-bond acceptors (Lipinski definition) is 3. The number of rotatable bonds is 4. The van der Waals surface area contributed by atoms with Crippen LogP contribution in [0.4, 0.5) is 5.69 Å². The van der Waals surface area contributed by atoms with Crippen LogP contribution in [0.1, 0.15) is 31.4 Å². The number of halogens is 2. The van der Waals surface area contributed by atoms with Gasteiger partial charge in [-0.25, -0.2) is 0 Å². The molecule has 0 aliphatic rings. The number of benzene rings is 1. The summed E-state index contributed by atoms with van der Waals surface area (Å²) in [5.74, 6) is 0. The first-order chi connectivity index (χ1) is 7.06. The van der Waals surface area contributed by atoms with Crippen LogP contribution in [0.25, 0.3) is 0 Å². The molecule has 0 fully saturated rings. The van der Waals surface area contributed by atoms with Crippen molar-refractivity contribution >= 4 is 34.0 Å². The van der Waals surface area contributed by atoms with Crippen molar-refractivity contribution in [2.75, 3.05) is 0 Å². The SMILES string of the molecule is CCC[C@@H](N)c1ccc(Br)c([N+](=O)[O-])c1.Cl. The van der Waals surface area contributed by atoms with Crippen molar-refractivity contribution in [3.05, 3.63) is 38.3 Å². The van der Waals surface area contributed by atoms with Crippen LogP contribution in [-0.4, -0.2) is 4.92 Å². The van der Waals surface area contributed by atoms with Crippen molar-refractivity contribution in [3.63, 3.8) is 0 Å². The zero-order valence-corrected chi connectivity index (χ0v) is 11.3. The highest BCUT2D eigenvalue weighted by molar-refractivity contribution is 9.10. The molecule has 6 heteroatoms. The molecular formula is C10H14BrClN2O2. The summed E-state index contributed by atoms with van der Waals surface area (Å²) >= 11 is 3.14. The van der Waals surface area contributed by atoms with Gasteiger partial charge < -0.3 is 5.73 Å². The number of nitrogens with zero attached hydrogens (tertiary/aromatic N) is 1. The van der Waals surface area contributed by atoms with Crippen LogP contribution >= 0.6 is 28.3 Å². The molecule has 0 aliphatic carbocycles. The molecule has 0 bridgehead atoms. The molecule has 0 heterocycles. The number of nitro benzene ring substituents is 1. The first-order valence-corrected chi connectivity index (χ1v) is 5.55. The van der Waals surface area contributed by atoms with Crippen LogP contribution in [0.3, 0.4) is 0 Å². The Labute approximate surface area is 109 Å². The first-order valence-electron chi connectivity index (χ1n) is 4.75. The van der Waals surface area contributed by atoms with Crippen LogP contribution in [-0.2, 0) is 0 Å². The monoisotopic (exact) mass is 308 g/mol. The van der Waals surface area contributed by atoms with E-state index >= 15 is 0 Å². The van der Waals surface area contributed by atoms with E-state index in [1.165, 1.54) is 6.07 Å². The Morgan fingerprint density at radius 1 is 1.56 bits per heavy atom. The van der Waals surface area contributed by atoms with Crippen molar-refractivity contribution in [2.24, 2.45) is 5.73 Å². The van der Waals surface area contributed by atoms with E-state index < -0.39 is 4.92 Å². The summed E-state index contributed by atoms with van der Waals surface area (Å²) in [5.41, 5.74) is 6.77. The Balaban J connectivity index is 0.00000225. The highest BCUT2D eigenvalue weighted by Gasteiger charge is 2.14. The Hall–Kier alpha value is -0.650. The van der Waals surface area contributed by atoms with Crippen LogP contribution in [0.2, 0.25) is 0 Å². The zero-order valence-electron chi connectivity index (χ0n) is 8.85. The molecule has 1 rings (SSSR count). The molecule has 90 valence electrons. The highest BCUT2D eigenvalue weighted by atomic mass is 79.9. The van der Waals surface area contributed by atoms with Gasteiger partial charge in [0.25, 0.3) is 5.69 Å². The van der Waals surface area contributed by atoms with Crippen molar-refractivity contribution in [1.82, 2.24) is 0 Å². The molecule has 2 N–H and O–H groups in total. The van der Waals surface area contributed by atoms with E-state index in [1.807, 2.05) is 13.0 Å². The fourth-order valence-corrected chi connectivity index (χ4v) is 1.77. The molecule has 0 radical (unpaired) electrons. The molecule has 0 spiro atoms. The fourth-order valence-electron chi connectivity index (χ4n) is 1.38. The summed E-state index contributed by atoms with van der Waals surface area (Å²) in [4.78, 5) is 10.3. The Bertz CT molecular complexity index is 374. The molecule has 1 aromatic carbocycles. The van der Waals surface area contributed by atoms with Gasteiger partial charge in [0, 0.05) is 12.1 Å². The van der Waals surface area contributed by atoms with E-state index in [0.29, 0.717) is 4.47 Å². The molecule has 0 saturated carbocycles. The normalized spacial score (nSPS) is 11.7. The standard InChI is InChI=1S/C10H13BrN2O2.ClH/c1-2-3-9(12)7-4-5-8(11)10(6-7)13(14)15;/h4-6,9H,2-3,12H2,1H3;1H/t9-;/m1./s1. The number of nitro groups is 1. The second kappa shape index (κ2) is 6.83. The molecule has 1 aromatic rings. The maximum absolute atomic E-state index is 10.7. The van der Waals surface area contributed by atoms with Gasteiger partial charge >= 0.3 is 0 Å². The molecule has 0 saturated heterocycles. The van der Waals surface area contributed by atoms with Crippen LogP contribution in [0.15, 0.2) is 22.7 Å². The fraction of sp³-hybridized carbons (Fsp3) is 0.400. The molecule has 0 unspecified atom stereocenters. The average molecular weight is 310 g/mol. The third-order valence-corrected chi connectivity index (χ3v) is 2.87. The van der Waals surface area contributed by atoms with E-state index in [9.17, 15) is 10.1 Å². The summed E-state index contributed by atoms with van der Waals surface area (Å²) in [7, 11) is 0. The van der Waals surface area contributed by atoms with Gasteiger partial charge in [-0.15, -0.1) is 12.4 Å². The summed E-state index contributed by atoms with van der Waals surface area (Å²) in [6.07, 6.45) is 1.80. The molecular weight excluding hydrogens is 295 g/mol. The molecule has 1 atom stereocenters. The third-order valence-electron chi connectivity index (χ3n) is 2.19. The molecule has 0 aliphatic heterocycles. The molecule has 0 amide bonds. The molecule has 4 nitrogen and oxygen atoms in total. The molecule has 0 aromatic heterocycles. The van der Waals surface area contributed by atoms with Gasteiger partial charge in [-0.05, 0) is 34.0 Å². The lowest BCUT2D eigenvalue weighted by molar-refractivity contribution is -0.385. The minimum absolute atomic E-state index is 0. The molecule has 16 heavy (non-hydrogen) atoms. The number of nitrogens with two attached hydrogens (primary N) is 1. The van der Waals surface area contributed by atoms with Crippen molar-refractivity contribution in [2.45, 2.75) is 25.8 Å². The summed E-state index contributed by atoms with van der Waals surface area (Å²) in [6.45, 7) is 2.03. The smallest absolute Gasteiger partial charge is 0.283 e. The van der Waals surface area contributed by atoms with Gasteiger partial charge in [0.2, 0.25) is 0 Å². The van der Waals surface area contributed by atoms with Gasteiger partial charge in [0.15, 0.2) is 0 Å². The van der Waals surface area contributed by atoms with Gasteiger partial charge in [0.1, 0.15) is 0 Å². The van der Waals surface area contributed by atoms with E-state index in [4.69, 9.17) is 5.73 Å². The largest absolute Gasteiger partial charge is 0.324 e. The lowest BCUT2D eigenvalue weighted by Crippen LogP contribution is -2.09. The first kappa shape index (κ1) is 15.3. The zero-order chi connectivity index (χ0) is 11.4. The Kier molecular flexibility index (Phi) is 6.55. The summed E-state index contributed by atoms with van der Waals surface area (Å²) in [5, 5.41) is 10.7. The predicted molar refractivity (Wildman–Crippen MR) is 69.9 cm³/mol. The van der Waals surface area contributed by atoms with Crippen LogP contribution < -0.4 is 5.73 Å². The lowest BCUT2D eigenvalue weighted by atomic mass is 10.0. The topological polar surface area (TPSA) is 69.2 Å². The third kappa shape index (κ3) is 3.73. The van der Waals surface area contributed by atoms with Crippen molar-refractivity contribution in [1.29, 1.82) is 0 Å². The minimum atomic E-state index is -0.410. The minimum Gasteiger partial charge on any atom is -0.324 e. The summed E-state index contributed by atoms with van der Waals surface area (Å²) in [6, 6.07) is 4.90. The maximum atomic E-state index is 10.7. The van der Waals surface area contributed by atoms with E-state index in [-0.39, 0.29) is 24.1 Å². The van der Waals surface area contributed by atoms with Gasteiger partial charge in [0.05, 0.1) is 9.40 Å². The van der Waals surface area contributed by atoms with Crippen LogP contribution in [0, 0.1) is 10.1 Å². The van der Waals surface area contributed by atoms with E-state index in [1.54, 1.807) is 6.07 Å². The van der Waals surface area contributed by atoms with E-state index in [0.717, 1.165) is 18.4 Å². The Morgan fingerprint density at radius 2 is 2.19 bits per heavy atom. The lowest BCUT2D eigenvalue weighted by Gasteiger charge is -2.10.